The maximum Gasteiger partial charge on any atom is 0.262 e. The normalized spacial score (nSPS) is 11.9. The molecule has 4 aromatic rings. The fourth-order valence-electron chi connectivity index (χ4n) is 3.40. The number of anilines is 1. The van der Waals surface area contributed by atoms with Crippen LogP contribution in [0.4, 0.5) is 5.69 Å². The molecule has 7 heteroatoms. The van der Waals surface area contributed by atoms with E-state index < -0.39 is 0 Å². The van der Waals surface area contributed by atoms with Gasteiger partial charge in [-0.3, -0.25) is 4.79 Å². The van der Waals surface area contributed by atoms with Gasteiger partial charge in [0, 0.05) is 11.3 Å². The molecule has 0 unspecified atom stereocenters. The van der Waals surface area contributed by atoms with Crippen LogP contribution in [0.2, 0.25) is 5.02 Å². The minimum atomic E-state index is -0.258. The van der Waals surface area contributed by atoms with Crippen molar-refractivity contribution in [1.29, 1.82) is 0 Å². The van der Waals surface area contributed by atoms with Crippen LogP contribution in [0.25, 0.3) is 22.6 Å². The lowest BCUT2D eigenvalue weighted by Gasteiger charge is -2.11. The molecule has 0 spiro atoms. The quantitative estimate of drug-likeness (QED) is 0.314. The molecule has 1 atom stereocenters. The summed E-state index contributed by atoms with van der Waals surface area (Å²) in [5.41, 5.74) is 3.82. The number of hydrogen-bond donors (Lipinski definition) is 1. The Labute approximate surface area is 197 Å². The molecule has 3 aromatic carbocycles. The Hall–Kier alpha value is -3.51. The van der Waals surface area contributed by atoms with Crippen molar-refractivity contribution in [2.45, 2.75) is 26.2 Å². The van der Waals surface area contributed by atoms with Gasteiger partial charge < -0.3 is 19.2 Å². The van der Waals surface area contributed by atoms with Gasteiger partial charge >= 0.3 is 0 Å². The number of methoxy groups -OCH3 is 1. The Morgan fingerprint density at radius 2 is 1.91 bits per heavy atom. The molecule has 0 saturated heterocycles. The van der Waals surface area contributed by atoms with Gasteiger partial charge in [-0.1, -0.05) is 37.6 Å². The predicted molar refractivity (Wildman–Crippen MR) is 130 cm³/mol. The second-order valence-electron chi connectivity index (χ2n) is 7.77. The average Bonchev–Trinajstić information content (AvgIpc) is 3.26. The van der Waals surface area contributed by atoms with E-state index >= 15 is 0 Å². The van der Waals surface area contributed by atoms with Crippen LogP contribution < -0.4 is 14.8 Å². The molecule has 33 heavy (non-hydrogen) atoms. The highest BCUT2D eigenvalue weighted by Crippen LogP contribution is 2.32. The summed E-state index contributed by atoms with van der Waals surface area (Å²) in [5.74, 6) is 1.91. The van der Waals surface area contributed by atoms with Gasteiger partial charge in [-0.25, -0.2) is 4.98 Å². The van der Waals surface area contributed by atoms with Gasteiger partial charge in [0.2, 0.25) is 5.89 Å². The second-order valence-corrected chi connectivity index (χ2v) is 8.17. The van der Waals surface area contributed by atoms with Gasteiger partial charge in [0.25, 0.3) is 5.91 Å². The van der Waals surface area contributed by atoms with Crippen LogP contribution in [0.3, 0.4) is 0 Å². The molecule has 1 aromatic heterocycles. The first-order chi connectivity index (χ1) is 16.0. The Bertz CT molecular complexity index is 1270. The maximum atomic E-state index is 12.4. The van der Waals surface area contributed by atoms with Gasteiger partial charge in [0.1, 0.15) is 17.0 Å². The summed E-state index contributed by atoms with van der Waals surface area (Å²) in [5, 5.41) is 3.30. The first-order valence-electron chi connectivity index (χ1n) is 10.7. The lowest BCUT2D eigenvalue weighted by molar-refractivity contribution is -0.118. The van der Waals surface area contributed by atoms with E-state index in [4.69, 9.17) is 25.5 Å². The molecular weight excluding hydrogens is 440 g/mol. The molecule has 0 aliphatic rings. The second kappa shape index (κ2) is 9.96. The van der Waals surface area contributed by atoms with Crippen molar-refractivity contribution in [3.8, 4) is 23.0 Å². The summed E-state index contributed by atoms with van der Waals surface area (Å²) in [7, 11) is 1.56. The van der Waals surface area contributed by atoms with E-state index in [1.165, 1.54) is 5.56 Å². The summed E-state index contributed by atoms with van der Waals surface area (Å²) < 4.78 is 16.6. The number of fused-ring (bicyclic) bond motifs is 1. The lowest BCUT2D eigenvalue weighted by Crippen LogP contribution is -2.20. The fraction of sp³-hybridized carbons (Fsp3) is 0.231. The number of aromatic nitrogens is 1. The van der Waals surface area contributed by atoms with Gasteiger partial charge in [0.05, 0.1) is 12.1 Å². The highest BCUT2D eigenvalue weighted by Gasteiger charge is 2.12. The molecule has 0 bridgehead atoms. The summed E-state index contributed by atoms with van der Waals surface area (Å²) in [6.07, 6.45) is 1.08. The molecule has 0 radical (unpaired) electrons. The molecule has 0 aliphatic carbocycles. The van der Waals surface area contributed by atoms with Crippen LogP contribution in [0, 0.1) is 0 Å². The maximum absolute atomic E-state index is 12.4. The number of oxazole rings is 1. The van der Waals surface area contributed by atoms with Crippen molar-refractivity contribution >= 4 is 34.3 Å². The van der Waals surface area contributed by atoms with E-state index in [2.05, 4.69) is 24.1 Å². The first kappa shape index (κ1) is 22.7. The van der Waals surface area contributed by atoms with E-state index in [0.29, 0.717) is 45.1 Å². The number of amides is 1. The number of carbonyl (C=O) groups is 1. The van der Waals surface area contributed by atoms with Crippen LogP contribution in [-0.4, -0.2) is 24.6 Å². The van der Waals surface area contributed by atoms with Crippen molar-refractivity contribution in [2.75, 3.05) is 19.0 Å². The van der Waals surface area contributed by atoms with Gasteiger partial charge in [-0.05, 0) is 66.4 Å². The zero-order valence-corrected chi connectivity index (χ0v) is 19.5. The molecule has 1 N–H and O–H groups in total. The number of carbonyl (C=O) groups excluding carboxylic acids is 1. The smallest absolute Gasteiger partial charge is 0.262 e. The van der Waals surface area contributed by atoms with Crippen molar-refractivity contribution < 1.29 is 18.7 Å². The summed E-state index contributed by atoms with van der Waals surface area (Å²) in [6, 6.07) is 18.5. The van der Waals surface area contributed by atoms with E-state index in [1.807, 2.05) is 30.3 Å². The number of nitrogens with one attached hydrogen (secondary N) is 1. The lowest BCUT2D eigenvalue weighted by atomic mass is 9.99. The zero-order chi connectivity index (χ0) is 23.4. The largest absolute Gasteiger partial charge is 0.495 e. The molecule has 0 fully saturated rings. The highest BCUT2D eigenvalue weighted by molar-refractivity contribution is 6.32. The Balaban J connectivity index is 1.40. The number of halogens is 1. The third-order valence-corrected chi connectivity index (χ3v) is 5.80. The number of benzene rings is 3. The molecule has 6 nitrogen and oxygen atoms in total. The van der Waals surface area contributed by atoms with Crippen molar-refractivity contribution in [2.24, 2.45) is 0 Å². The van der Waals surface area contributed by atoms with Crippen molar-refractivity contribution in [3.63, 3.8) is 0 Å². The highest BCUT2D eigenvalue weighted by atomic mass is 35.5. The molecule has 1 heterocycles. The first-order valence-corrected chi connectivity index (χ1v) is 11.1. The summed E-state index contributed by atoms with van der Waals surface area (Å²) in [6.45, 7) is 4.25. The number of hydrogen-bond acceptors (Lipinski definition) is 5. The molecule has 170 valence electrons. The van der Waals surface area contributed by atoms with E-state index in [0.717, 1.165) is 12.0 Å². The minimum Gasteiger partial charge on any atom is -0.495 e. The molecule has 1 amide bonds. The van der Waals surface area contributed by atoms with Gasteiger partial charge in [0.15, 0.2) is 12.2 Å². The van der Waals surface area contributed by atoms with Crippen LogP contribution in [-0.2, 0) is 4.79 Å². The predicted octanol–water partition coefficient (Wildman–Crippen LogP) is 6.69. The number of rotatable bonds is 8. The number of nitrogens with zero attached hydrogens (tertiary/aromatic N) is 1. The topological polar surface area (TPSA) is 73.6 Å². The van der Waals surface area contributed by atoms with Crippen LogP contribution in [0.1, 0.15) is 31.7 Å². The third-order valence-electron chi connectivity index (χ3n) is 5.50. The molecule has 0 saturated carbocycles. The molecule has 0 aliphatic heterocycles. The fourth-order valence-corrected chi connectivity index (χ4v) is 3.66. The van der Waals surface area contributed by atoms with Crippen molar-refractivity contribution in [3.05, 3.63) is 71.2 Å². The minimum absolute atomic E-state index is 0.0882. The SMILES string of the molecule is CC[C@H](C)c1ccc(OCC(=O)Nc2ccc3oc(-c4ccc(OC)c(Cl)c4)nc3c2)cc1. The van der Waals surface area contributed by atoms with Crippen LogP contribution >= 0.6 is 11.6 Å². The summed E-state index contributed by atoms with van der Waals surface area (Å²) >= 11 is 6.21. The Kier molecular flexibility index (Phi) is 6.84. The summed E-state index contributed by atoms with van der Waals surface area (Å²) in [4.78, 5) is 16.9. The van der Waals surface area contributed by atoms with Crippen LogP contribution in [0.5, 0.6) is 11.5 Å². The van der Waals surface area contributed by atoms with Crippen molar-refractivity contribution in [1.82, 2.24) is 4.98 Å². The third kappa shape index (κ3) is 5.29. The van der Waals surface area contributed by atoms with Gasteiger partial charge in [-0.15, -0.1) is 0 Å². The monoisotopic (exact) mass is 464 g/mol. The van der Waals surface area contributed by atoms with Gasteiger partial charge in [-0.2, -0.15) is 0 Å². The van der Waals surface area contributed by atoms with E-state index in [1.54, 1.807) is 37.4 Å². The zero-order valence-electron chi connectivity index (χ0n) is 18.7. The molecule has 4 rings (SSSR count). The average molecular weight is 465 g/mol. The standard InChI is InChI=1S/C26H25ClN2O4/c1-4-16(2)17-5-9-20(10-6-17)32-15-25(30)28-19-8-12-24-22(14-19)29-26(33-24)18-7-11-23(31-3)21(27)13-18/h5-14,16H,4,15H2,1-3H3,(H,28,30)/t16-/m0/s1. The molecular formula is C26H25ClN2O4. The number of ether oxygens (including phenoxy) is 2. The Morgan fingerprint density at radius 1 is 1.12 bits per heavy atom. The van der Waals surface area contributed by atoms with E-state index in [9.17, 15) is 4.79 Å². The van der Waals surface area contributed by atoms with Crippen LogP contribution in [0.15, 0.2) is 65.1 Å². The van der Waals surface area contributed by atoms with E-state index in [-0.39, 0.29) is 12.5 Å². The Morgan fingerprint density at radius 3 is 2.61 bits per heavy atom.